The highest BCUT2D eigenvalue weighted by molar-refractivity contribution is 6.91. The predicted molar refractivity (Wildman–Crippen MR) is 211 cm³/mol. The Morgan fingerprint density at radius 3 is 2.31 bits per heavy atom. The molecule has 1 aromatic heterocycles. The van der Waals surface area contributed by atoms with Crippen LogP contribution < -0.4 is 24.9 Å². The van der Waals surface area contributed by atoms with E-state index in [1.807, 2.05) is 36.5 Å². The molecule has 2 N–H and O–H groups in total. The molecule has 0 radical (unpaired) electrons. The van der Waals surface area contributed by atoms with Crippen LogP contribution in [0.1, 0.15) is 54.2 Å². The van der Waals surface area contributed by atoms with Gasteiger partial charge < -0.3 is 34.3 Å². The van der Waals surface area contributed by atoms with Crippen molar-refractivity contribution in [3.05, 3.63) is 89.7 Å². The third-order valence-corrected chi connectivity index (χ3v) is 15.6. The molecule has 3 aromatic carbocycles. The molecule has 0 saturated carbocycles. The second-order valence-corrected chi connectivity index (χ2v) is 19.5. The first-order chi connectivity index (χ1) is 26.5. The summed E-state index contributed by atoms with van der Waals surface area (Å²) in [6.45, 7) is 7.67. The van der Waals surface area contributed by atoms with E-state index < -0.39 is 13.7 Å². The number of anilines is 2. The molecule has 6 rings (SSSR count). The van der Waals surface area contributed by atoms with Gasteiger partial charge in [0.2, 0.25) is 0 Å². The number of ether oxygens (including phenoxy) is 4. The number of unbranched alkanes of at least 4 members (excludes halogenated alkanes) is 1. The summed E-state index contributed by atoms with van der Waals surface area (Å²) in [5.41, 5.74) is 1.79. The van der Waals surface area contributed by atoms with Gasteiger partial charge in [0, 0.05) is 61.5 Å². The maximum absolute atomic E-state index is 15.1. The highest BCUT2D eigenvalue weighted by atomic mass is 28.3. The fourth-order valence-electron chi connectivity index (χ4n) is 8.41. The highest BCUT2D eigenvalue weighted by Gasteiger charge is 2.66. The van der Waals surface area contributed by atoms with Crippen LogP contribution in [0.5, 0.6) is 11.5 Å². The SMILES string of the molecule is COC(=O)CCCCN1C(=O)[C@@]2(O[C@@H](CCn3cc(CCO)nn3)[C@H]([Si](C)(C)c3ccc(OC)cc3)[C@H]2C)c2cc(NC(=O)c3ccc(OC)cc3)ccc21. The predicted octanol–water partition coefficient (Wildman–Crippen LogP) is 5.08. The zero-order valence-electron chi connectivity index (χ0n) is 32.4. The monoisotopic (exact) mass is 769 g/mol. The van der Waals surface area contributed by atoms with Crippen molar-refractivity contribution in [2.45, 2.75) is 75.9 Å². The Balaban J connectivity index is 1.40. The molecule has 4 atom stereocenters. The van der Waals surface area contributed by atoms with Crippen molar-refractivity contribution in [2.75, 3.05) is 44.7 Å². The van der Waals surface area contributed by atoms with Crippen molar-refractivity contribution in [3.63, 3.8) is 0 Å². The molecule has 0 aliphatic carbocycles. The summed E-state index contributed by atoms with van der Waals surface area (Å²) in [7, 11) is 2.18. The lowest BCUT2D eigenvalue weighted by molar-refractivity contribution is -0.146. The topological polar surface area (TPSA) is 154 Å². The van der Waals surface area contributed by atoms with Crippen LogP contribution in [0, 0.1) is 5.92 Å². The second-order valence-electron chi connectivity index (χ2n) is 14.8. The third-order valence-electron chi connectivity index (χ3n) is 11.3. The minimum atomic E-state index is -2.42. The Morgan fingerprint density at radius 2 is 1.65 bits per heavy atom. The molecule has 4 aromatic rings. The molecule has 1 saturated heterocycles. The number of hydrogen-bond acceptors (Lipinski definition) is 10. The Labute approximate surface area is 322 Å². The normalized spacial score (nSPS) is 20.5. The van der Waals surface area contributed by atoms with Gasteiger partial charge in [-0.25, -0.2) is 0 Å². The maximum Gasteiger partial charge on any atom is 0.305 e. The summed E-state index contributed by atoms with van der Waals surface area (Å²) < 4.78 is 24.6. The van der Waals surface area contributed by atoms with Crippen LogP contribution >= 0.6 is 0 Å². The minimum Gasteiger partial charge on any atom is -0.497 e. The van der Waals surface area contributed by atoms with Crippen molar-refractivity contribution in [2.24, 2.45) is 5.92 Å². The highest BCUT2D eigenvalue weighted by Crippen LogP contribution is 2.60. The van der Waals surface area contributed by atoms with Gasteiger partial charge in [0.25, 0.3) is 11.8 Å². The Bertz CT molecular complexity index is 1990. The summed E-state index contributed by atoms with van der Waals surface area (Å²) in [4.78, 5) is 42.3. The van der Waals surface area contributed by atoms with Gasteiger partial charge in [-0.1, -0.05) is 42.6 Å². The van der Waals surface area contributed by atoms with E-state index in [9.17, 15) is 14.7 Å². The van der Waals surface area contributed by atoms with E-state index in [2.05, 4.69) is 47.8 Å². The average Bonchev–Trinajstić information content (AvgIpc) is 3.84. The average molecular weight is 770 g/mol. The van der Waals surface area contributed by atoms with Gasteiger partial charge in [0.1, 0.15) is 11.5 Å². The Morgan fingerprint density at radius 1 is 0.964 bits per heavy atom. The Hall–Kier alpha value is -5.05. The Kier molecular flexibility index (Phi) is 12.1. The zero-order chi connectivity index (χ0) is 39.3. The second kappa shape index (κ2) is 16.8. The largest absolute Gasteiger partial charge is 0.497 e. The van der Waals surface area contributed by atoms with E-state index in [1.165, 1.54) is 12.3 Å². The molecule has 55 heavy (non-hydrogen) atoms. The number of aliphatic hydroxyl groups is 1. The van der Waals surface area contributed by atoms with Crippen LogP contribution in [-0.2, 0) is 37.6 Å². The number of carbonyl (C=O) groups excluding carboxylic acids is 3. The number of esters is 1. The van der Waals surface area contributed by atoms with E-state index in [1.54, 1.807) is 48.1 Å². The number of hydrogen-bond donors (Lipinski definition) is 2. The van der Waals surface area contributed by atoms with E-state index in [4.69, 9.17) is 18.9 Å². The van der Waals surface area contributed by atoms with Crippen LogP contribution in [0.25, 0.3) is 0 Å². The molecular formula is C41H51N5O8Si. The minimum absolute atomic E-state index is 0.0164. The summed E-state index contributed by atoms with van der Waals surface area (Å²) >= 11 is 0. The number of fused-ring (bicyclic) bond motifs is 2. The molecule has 1 fully saturated rings. The fourth-order valence-corrected chi connectivity index (χ4v) is 12.5. The maximum atomic E-state index is 15.1. The molecule has 3 heterocycles. The zero-order valence-corrected chi connectivity index (χ0v) is 33.4. The molecule has 14 heteroatoms. The third kappa shape index (κ3) is 7.89. The van der Waals surface area contributed by atoms with Crippen molar-refractivity contribution in [1.82, 2.24) is 15.0 Å². The summed E-state index contributed by atoms with van der Waals surface area (Å²) in [6, 6.07) is 20.7. The van der Waals surface area contributed by atoms with E-state index in [0.717, 1.165) is 11.4 Å². The van der Waals surface area contributed by atoms with Gasteiger partial charge in [-0.2, -0.15) is 0 Å². The molecule has 292 valence electrons. The standard InChI is InChI=1S/C41H51N5O8Si/c1-27-38(55(5,6)33-17-15-32(52-3)16-18-33)36(20-23-45-26-30(21-24-47)43-44-45)54-41(27)34-25-29(42-39(49)28-10-13-31(51-2)14-11-28)12-19-35(34)46(40(41)50)22-8-7-9-37(48)53-4/h10-19,25-27,36,38,47H,7-9,20-24H2,1-6H3,(H,42,49)/t27-,36+,38-,41+/m1/s1. The number of amides is 2. The lowest BCUT2D eigenvalue weighted by Gasteiger charge is -2.37. The lowest BCUT2D eigenvalue weighted by atomic mass is 9.82. The number of aliphatic hydroxyl groups excluding tert-OH is 1. The summed E-state index contributed by atoms with van der Waals surface area (Å²) in [6.07, 6.45) is 3.90. The molecular weight excluding hydrogens is 719 g/mol. The number of nitrogens with one attached hydrogen (secondary N) is 1. The number of benzene rings is 3. The molecule has 1 spiro atoms. The van der Waals surface area contributed by atoms with E-state index >= 15 is 4.79 Å². The fraction of sp³-hybridized carbons (Fsp3) is 0.439. The summed E-state index contributed by atoms with van der Waals surface area (Å²) in [5.74, 6) is 0.424. The molecule has 2 amide bonds. The van der Waals surface area contributed by atoms with Crippen molar-refractivity contribution < 1.29 is 38.4 Å². The van der Waals surface area contributed by atoms with Gasteiger partial charge in [0.05, 0.1) is 46.9 Å². The number of methoxy groups -OCH3 is 3. The van der Waals surface area contributed by atoms with Gasteiger partial charge in [-0.15, -0.1) is 5.10 Å². The summed E-state index contributed by atoms with van der Waals surface area (Å²) in [5, 5.41) is 22.2. The van der Waals surface area contributed by atoms with Crippen molar-refractivity contribution >= 4 is 42.4 Å². The first-order valence-corrected chi connectivity index (χ1v) is 21.9. The van der Waals surface area contributed by atoms with Gasteiger partial charge >= 0.3 is 5.97 Å². The number of rotatable bonds is 16. The van der Waals surface area contributed by atoms with E-state index in [0.29, 0.717) is 67.0 Å². The van der Waals surface area contributed by atoms with Crippen LogP contribution in [0.15, 0.2) is 72.9 Å². The number of nitrogens with zero attached hydrogens (tertiary/aromatic N) is 4. The van der Waals surface area contributed by atoms with E-state index in [-0.39, 0.29) is 48.4 Å². The lowest BCUT2D eigenvalue weighted by Crippen LogP contribution is -2.52. The van der Waals surface area contributed by atoms with Crippen LogP contribution in [0.3, 0.4) is 0 Å². The number of aromatic nitrogens is 3. The van der Waals surface area contributed by atoms with Gasteiger partial charge in [-0.3, -0.25) is 19.1 Å². The van der Waals surface area contributed by atoms with Gasteiger partial charge in [0.15, 0.2) is 5.60 Å². The molecule has 2 aliphatic heterocycles. The molecule has 0 unspecified atom stereocenters. The quantitative estimate of drug-likeness (QED) is 0.0897. The van der Waals surface area contributed by atoms with Crippen LogP contribution in [-0.4, -0.2) is 86.5 Å². The van der Waals surface area contributed by atoms with Crippen LogP contribution in [0.4, 0.5) is 11.4 Å². The molecule has 0 bridgehead atoms. The first kappa shape index (κ1) is 39.6. The number of aryl methyl sites for hydroxylation is 1. The number of carbonyl (C=O) groups is 3. The first-order valence-electron chi connectivity index (χ1n) is 18.8. The van der Waals surface area contributed by atoms with Gasteiger partial charge in [-0.05, 0) is 79.4 Å². The van der Waals surface area contributed by atoms with Crippen molar-refractivity contribution in [1.29, 1.82) is 0 Å². The van der Waals surface area contributed by atoms with Crippen molar-refractivity contribution in [3.8, 4) is 11.5 Å². The molecule has 2 aliphatic rings. The van der Waals surface area contributed by atoms with Crippen LogP contribution in [0.2, 0.25) is 18.6 Å². The molecule has 13 nitrogen and oxygen atoms in total. The smallest absolute Gasteiger partial charge is 0.305 e.